The molecule has 7 heteroatoms. The van der Waals surface area contributed by atoms with E-state index in [-0.39, 0.29) is 17.2 Å². The van der Waals surface area contributed by atoms with Crippen molar-refractivity contribution in [3.8, 4) is 5.75 Å². The van der Waals surface area contributed by atoms with Crippen LogP contribution < -0.4 is 10.2 Å². The Hall–Kier alpha value is -1.60. The van der Waals surface area contributed by atoms with Gasteiger partial charge in [0.1, 0.15) is 17.1 Å². The van der Waals surface area contributed by atoms with Gasteiger partial charge < -0.3 is 18.9 Å². The smallest absolute Gasteiger partial charge is 0.495 e. The van der Waals surface area contributed by atoms with E-state index in [2.05, 4.69) is 6.92 Å². The van der Waals surface area contributed by atoms with Crippen LogP contribution in [-0.4, -0.2) is 49.3 Å². The molecule has 2 aliphatic rings. The molecule has 1 aromatic carbocycles. The first-order valence-corrected chi connectivity index (χ1v) is 9.58. The van der Waals surface area contributed by atoms with Crippen molar-refractivity contribution in [2.75, 3.05) is 20.2 Å². The van der Waals surface area contributed by atoms with Crippen LogP contribution in [0.4, 0.5) is 4.39 Å². The minimum atomic E-state index is -0.710. The number of rotatable bonds is 3. The highest BCUT2D eigenvalue weighted by Gasteiger charge is 2.52. The van der Waals surface area contributed by atoms with Gasteiger partial charge in [0.2, 0.25) is 0 Å². The number of nitrogens with zero attached hydrogens (tertiary/aromatic N) is 1. The molecule has 2 saturated heterocycles. The first-order valence-electron chi connectivity index (χ1n) is 9.58. The molecule has 2 aliphatic heterocycles. The second-order valence-electron chi connectivity index (χ2n) is 8.64. The van der Waals surface area contributed by atoms with Crippen molar-refractivity contribution in [3.05, 3.63) is 23.5 Å². The van der Waals surface area contributed by atoms with Crippen LogP contribution in [0.1, 0.15) is 57.8 Å². The molecule has 1 aromatic rings. The molecular formula is C20H29BFNO4. The number of carbonyl (C=O) groups excluding carboxylic acids is 1. The number of carbonyl (C=O) groups is 1. The zero-order valence-corrected chi connectivity index (χ0v) is 17.1. The number of likely N-dealkylation sites (tertiary alicyclic amines) is 1. The van der Waals surface area contributed by atoms with Gasteiger partial charge in [-0.25, -0.2) is 4.39 Å². The zero-order chi connectivity index (χ0) is 20.0. The number of ether oxygens (including phenoxy) is 1. The van der Waals surface area contributed by atoms with Crippen LogP contribution in [0, 0.1) is 11.7 Å². The SMILES string of the molecule is COc1cc(B2OC(C)(C)C(C)(C)O2)cc(F)c1C(=O)N1CCC(C)CC1. The largest absolute Gasteiger partial charge is 0.496 e. The zero-order valence-electron chi connectivity index (χ0n) is 17.1. The summed E-state index contributed by atoms with van der Waals surface area (Å²) >= 11 is 0. The average Bonchev–Trinajstić information content (AvgIpc) is 2.82. The predicted octanol–water partition coefficient (Wildman–Crippen LogP) is 3.01. The summed E-state index contributed by atoms with van der Waals surface area (Å²) in [5.74, 6) is -0.130. The minimum absolute atomic E-state index is 0.0210. The van der Waals surface area contributed by atoms with E-state index in [4.69, 9.17) is 14.0 Å². The first kappa shape index (κ1) is 20.1. The third-order valence-electron chi connectivity index (χ3n) is 6.11. The van der Waals surface area contributed by atoms with Crippen LogP contribution in [0.15, 0.2) is 12.1 Å². The van der Waals surface area contributed by atoms with E-state index in [1.807, 2.05) is 27.7 Å². The number of amides is 1. The maximum atomic E-state index is 15.0. The maximum Gasteiger partial charge on any atom is 0.495 e. The summed E-state index contributed by atoms with van der Waals surface area (Å²) in [7, 11) is 0.732. The van der Waals surface area contributed by atoms with Crippen molar-refractivity contribution in [3.63, 3.8) is 0 Å². The molecule has 2 heterocycles. The molecule has 5 nitrogen and oxygen atoms in total. The maximum absolute atomic E-state index is 15.0. The van der Waals surface area contributed by atoms with Gasteiger partial charge in [0, 0.05) is 13.1 Å². The lowest BCUT2D eigenvalue weighted by Gasteiger charge is -2.32. The Labute approximate surface area is 161 Å². The summed E-state index contributed by atoms with van der Waals surface area (Å²) in [5.41, 5.74) is -0.570. The van der Waals surface area contributed by atoms with E-state index >= 15 is 0 Å². The van der Waals surface area contributed by atoms with Crippen LogP contribution in [0.5, 0.6) is 5.75 Å². The Morgan fingerprint density at radius 3 is 2.26 bits per heavy atom. The molecule has 2 fully saturated rings. The molecule has 0 aromatic heterocycles. The van der Waals surface area contributed by atoms with E-state index in [0.29, 0.717) is 24.5 Å². The number of benzene rings is 1. The summed E-state index contributed by atoms with van der Waals surface area (Å²) < 4.78 is 32.3. The lowest BCUT2D eigenvalue weighted by atomic mass is 9.78. The third kappa shape index (κ3) is 3.72. The second-order valence-corrected chi connectivity index (χ2v) is 8.64. The molecule has 0 spiro atoms. The summed E-state index contributed by atoms with van der Waals surface area (Å²) in [6.07, 6.45) is 1.86. The highest BCUT2D eigenvalue weighted by Crippen LogP contribution is 2.37. The van der Waals surface area contributed by atoms with Gasteiger partial charge in [0.25, 0.3) is 5.91 Å². The molecule has 0 N–H and O–H groups in total. The normalized spacial score (nSPS) is 22.2. The van der Waals surface area contributed by atoms with Crippen LogP contribution >= 0.6 is 0 Å². The van der Waals surface area contributed by atoms with Gasteiger partial charge in [-0.15, -0.1) is 0 Å². The number of piperidine rings is 1. The van der Waals surface area contributed by atoms with E-state index in [9.17, 15) is 9.18 Å². The van der Waals surface area contributed by atoms with Crippen LogP contribution in [0.3, 0.4) is 0 Å². The van der Waals surface area contributed by atoms with E-state index < -0.39 is 24.1 Å². The Bertz CT molecular complexity index is 713. The van der Waals surface area contributed by atoms with Crippen molar-refractivity contribution in [1.82, 2.24) is 4.90 Å². The van der Waals surface area contributed by atoms with Gasteiger partial charge in [0.15, 0.2) is 0 Å². The van der Waals surface area contributed by atoms with Gasteiger partial charge in [0.05, 0.1) is 18.3 Å². The topological polar surface area (TPSA) is 48.0 Å². The Morgan fingerprint density at radius 1 is 1.19 bits per heavy atom. The van der Waals surface area contributed by atoms with Gasteiger partial charge in [-0.2, -0.15) is 0 Å². The summed E-state index contributed by atoms with van der Waals surface area (Å²) in [5, 5.41) is 0. The van der Waals surface area contributed by atoms with Crippen molar-refractivity contribution < 1.29 is 23.2 Å². The molecule has 0 radical (unpaired) electrons. The first-order chi connectivity index (χ1) is 12.6. The molecule has 0 atom stereocenters. The van der Waals surface area contributed by atoms with Crippen molar-refractivity contribution >= 4 is 18.5 Å². The molecule has 1 amide bonds. The van der Waals surface area contributed by atoms with Crippen molar-refractivity contribution in [2.24, 2.45) is 5.92 Å². The summed E-state index contributed by atoms with van der Waals surface area (Å²) in [4.78, 5) is 14.6. The molecule has 0 bridgehead atoms. The van der Waals surface area contributed by atoms with Crippen LogP contribution in [-0.2, 0) is 9.31 Å². The summed E-state index contributed by atoms with van der Waals surface area (Å²) in [6.45, 7) is 11.2. The molecule has 148 valence electrons. The van der Waals surface area contributed by atoms with Crippen LogP contribution in [0.25, 0.3) is 0 Å². The van der Waals surface area contributed by atoms with Gasteiger partial charge in [-0.3, -0.25) is 4.79 Å². The van der Waals surface area contributed by atoms with Gasteiger partial charge in [-0.05, 0) is 64.1 Å². The average molecular weight is 377 g/mol. The highest BCUT2D eigenvalue weighted by molar-refractivity contribution is 6.62. The number of methoxy groups -OCH3 is 1. The number of halogens is 1. The quantitative estimate of drug-likeness (QED) is 0.760. The monoisotopic (exact) mass is 377 g/mol. The van der Waals surface area contributed by atoms with Crippen molar-refractivity contribution in [2.45, 2.75) is 58.7 Å². The lowest BCUT2D eigenvalue weighted by molar-refractivity contribution is 0.00578. The van der Waals surface area contributed by atoms with Gasteiger partial charge in [-0.1, -0.05) is 6.92 Å². The number of hydrogen-bond donors (Lipinski definition) is 0. The fourth-order valence-electron chi connectivity index (χ4n) is 3.45. The van der Waals surface area contributed by atoms with E-state index in [1.165, 1.54) is 13.2 Å². The van der Waals surface area contributed by atoms with Gasteiger partial charge >= 0.3 is 7.12 Å². The molecule has 3 rings (SSSR count). The minimum Gasteiger partial charge on any atom is -0.496 e. The predicted molar refractivity (Wildman–Crippen MR) is 103 cm³/mol. The molecule has 27 heavy (non-hydrogen) atoms. The standard InChI is InChI=1S/C20H29BFNO4/c1-13-7-9-23(10-8-13)18(24)17-15(22)11-14(12-16(17)25-6)21-26-19(2,3)20(4,5)27-21/h11-13H,7-10H2,1-6H3. The molecular weight excluding hydrogens is 348 g/mol. The fourth-order valence-corrected chi connectivity index (χ4v) is 3.45. The van der Waals surface area contributed by atoms with E-state index in [0.717, 1.165) is 12.8 Å². The lowest BCUT2D eigenvalue weighted by Crippen LogP contribution is -2.41. The number of hydrogen-bond acceptors (Lipinski definition) is 4. The van der Waals surface area contributed by atoms with Crippen molar-refractivity contribution in [1.29, 1.82) is 0 Å². The molecule has 0 saturated carbocycles. The molecule has 0 unspecified atom stereocenters. The van der Waals surface area contributed by atoms with E-state index in [1.54, 1.807) is 11.0 Å². The molecule has 0 aliphatic carbocycles. The van der Waals surface area contributed by atoms with Crippen LogP contribution in [0.2, 0.25) is 0 Å². The summed E-state index contributed by atoms with van der Waals surface area (Å²) in [6, 6.07) is 2.97. The Balaban J connectivity index is 1.89. The Morgan fingerprint density at radius 2 is 1.74 bits per heavy atom. The highest BCUT2D eigenvalue weighted by atomic mass is 19.1. The second kappa shape index (κ2) is 7.10. The fraction of sp³-hybridized carbons (Fsp3) is 0.650. The Kier molecular flexibility index (Phi) is 5.30. The third-order valence-corrected chi connectivity index (χ3v) is 6.11.